The lowest BCUT2D eigenvalue weighted by atomic mass is 10.1. The highest BCUT2D eigenvalue weighted by Crippen LogP contribution is 2.19. The second kappa shape index (κ2) is 7.32. The third-order valence-corrected chi connectivity index (χ3v) is 3.64. The van der Waals surface area contributed by atoms with Gasteiger partial charge in [-0.1, -0.05) is 60.7 Å². The summed E-state index contributed by atoms with van der Waals surface area (Å²) >= 11 is 0. The Kier molecular flexibility index (Phi) is 4.75. The van der Waals surface area contributed by atoms with Crippen LogP contribution in [-0.4, -0.2) is 12.1 Å². The van der Waals surface area contributed by atoms with Crippen LogP contribution in [0.4, 0.5) is 0 Å². The fourth-order valence-corrected chi connectivity index (χ4v) is 2.42. The van der Waals surface area contributed by atoms with Gasteiger partial charge in [-0.15, -0.1) is 0 Å². The molecule has 0 bridgehead atoms. The third-order valence-electron chi connectivity index (χ3n) is 3.64. The lowest BCUT2D eigenvalue weighted by Gasteiger charge is -1.98. The van der Waals surface area contributed by atoms with E-state index < -0.39 is 0 Å². The van der Waals surface area contributed by atoms with Crippen LogP contribution in [-0.2, 0) is 0 Å². The molecule has 1 aromatic heterocycles. The normalized spacial score (nSPS) is 9.96. The van der Waals surface area contributed by atoms with Crippen LogP contribution in [0.15, 0.2) is 91.1 Å². The Labute approximate surface area is 136 Å². The summed E-state index contributed by atoms with van der Waals surface area (Å²) in [6.45, 7) is 0. The zero-order valence-corrected chi connectivity index (χ0v) is 13.1. The van der Waals surface area contributed by atoms with E-state index in [1.807, 2.05) is 42.6 Å². The molecule has 0 saturated heterocycles. The summed E-state index contributed by atoms with van der Waals surface area (Å²) in [5.74, 6) is 0.900. The van der Waals surface area contributed by atoms with E-state index in [4.69, 9.17) is 4.74 Å². The SMILES string of the molecule is COc1ccc2[nH]ccc2c1.c1ccc(-c2ccccc2)cc1. The minimum atomic E-state index is 0.900. The van der Waals surface area contributed by atoms with Crippen molar-refractivity contribution in [3.63, 3.8) is 0 Å². The zero-order valence-electron chi connectivity index (χ0n) is 13.1. The van der Waals surface area contributed by atoms with Gasteiger partial charge in [0.2, 0.25) is 0 Å². The van der Waals surface area contributed by atoms with Gasteiger partial charge in [-0.2, -0.15) is 0 Å². The number of benzene rings is 3. The first-order chi connectivity index (χ1) is 11.4. The summed E-state index contributed by atoms with van der Waals surface area (Å²) in [6.07, 6.45) is 1.92. The van der Waals surface area contributed by atoms with Gasteiger partial charge < -0.3 is 9.72 Å². The number of hydrogen-bond acceptors (Lipinski definition) is 1. The van der Waals surface area contributed by atoms with Gasteiger partial charge >= 0.3 is 0 Å². The highest BCUT2D eigenvalue weighted by molar-refractivity contribution is 5.80. The first-order valence-corrected chi connectivity index (χ1v) is 7.58. The minimum Gasteiger partial charge on any atom is -0.497 e. The fourth-order valence-electron chi connectivity index (χ4n) is 2.42. The molecule has 4 rings (SSSR count). The molecule has 0 amide bonds. The van der Waals surface area contributed by atoms with Crippen LogP contribution >= 0.6 is 0 Å². The average Bonchev–Trinajstić information content (AvgIpc) is 3.11. The van der Waals surface area contributed by atoms with Crippen molar-refractivity contribution in [2.45, 2.75) is 0 Å². The molecule has 0 unspecified atom stereocenters. The summed E-state index contributed by atoms with van der Waals surface area (Å²) in [4.78, 5) is 3.12. The number of rotatable bonds is 2. The monoisotopic (exact) mass is 301 g/mol. The van der Waals surface area contributed by atoms with Gasteiger partial charge in [0, 0.05) is 17.1 Å². The lowest BCUT2D eigenvalue weighted by molar-refractivity contribution is 0.415. The van der Waals surface area contributed by atoms with Crippen LogP contribution in [0, 0.1) is 0 Å². The third kappa shape index (κ3) is 3.80. The zero-order chi connectivity index (χ0) is 15.9. The molecule has 0 aliphatic carbocycles. The predicted molar refractivity (Wildman–Crippen MR) is 96.7 cm³/mol. The van der Waals surface area contributed by atoms with Crippen LogP contribution in [0.3, 0.4) is 0 Å². The largest absolute Gasteiger partial charge is 0.497 e. The molecule has 23 heavy (non-hydrogen) atoms. The van der Waals surface area contributed by atoms with Crippen molar-refractivity contribution in [3.05, 3.63) is 91.1 Å². The van der Waals surface area contributed by atoms with Crippen LogP contribution in [0.2, 0.25) is 0 Å². The quantitative estimate of drug-likeness (QED) is 0.517. The number of aromatic nitrogens is 1. The van der Waals surface area contributed by atoms with E-state index in [1.54, 1.807) is 7.11 Å². The topological polar surface area (TPSA) is 25.0 Å². The smallest absolute Gasteiger partial charge is 0.119 e. The van der Waals surface area contributed by atoms with E-state index in [2.05, 4.69) is 53.5 Å². The molecule has 2 heteroatoms. The van der Waals surface area contributed by atoms with E-state index in [0.29, 0.717) is 0 Å². The van der Waals surface area contributed by atoms with Gasteiger partial charge in [-0.25, -0.2) is 0 Å². The van der Waals surface area contributed by atoms with Crippen molar-refractivity contribution in [1.29, 1.82) is 0 Å². The molecule has 1 N–H and O–H groups in total. The molecule has 0 atom stereocenters. The Balaban J connectivity index is 0.000000136. The van der Waals surface area contributed by atoms with Crippen molar-refractivity contribution in [2.24, 2.45) is 0 Å². The molecule has 1 heterocycles. The molecule has 114 valence electrons. The predicted octanol–water partition coefficient (Wildman–Crippen LogP) is 5.53. The number of aromatic amines is 1. The maximum absolute atomic E-state index is 5.08. The number of nitrogens with one attached hydrogen (secondary N) is 1. The Bertz CT molecular complexity index is 813. The van der Waals surface area contributed by atoms with Gasteiger partial charge in [-0.05, 0) is 35.4 Å². The number of methoxy groups -OCH3 is 1. The second-order valence-electron chi connectivity index (χ2n) is 5.16. The average molecular weight is 301 g/mol. The molecular formula is C21H19NO. The molecule has 3 aromatic carbocycles. The fraction of sp³-hybridized carbons (Fsp3) is 0.0476. The molecule has 0 aliphatic rings. The first kappa shape index (κ1) is 14.9. The number of H-pyrrole nitrogens is 1. The van der Waals surface area contributed by atoms with Crippen LogP contribution < -0.4 is 4.74 Å². The molecule has 0 spiro atoms. The highest BCUT2D eigenvalue weighted by atomic mass is 16.5. The maximum atomic E-state index is 5.08. The van der Waals surface area contributed by atoms with E-state index >= 15 is 0 Å². The van der Waals surface area contributed by atoms with E-state index in [-0.39, 0.29) is 0 Å². The van der Waals surface area contributed by atoms with Crippen LogP contribution in [0.1, 0.15) is 0 Å². The van der Waals surface area contributed by atoms with Gasteiger partial charge in [0.1, 0.15) is 5.75 Å². The minimum absolute atomic E-state index is 0.900. The molecule has 0 aliphatic heterocycles. The number of hydrogen-bond donors (Lipinski definition) is 1. The van der Waals surface area contributed by atoms with Gasteiger partial charge in [0.05, 0.1) is 7.11 Å². The highest BCUT2D eigenvalue weighted by Gasteiger charge is 1.94. The lowest BCUT2D eigenvalue weighted by Crippen LogP contribution is -1.80. The number of fused-ring (bicyclic) bond motifs is 1. The summed E-state index contributed by atoms with van der Waals surface area (Å²) in [7, 11) is 1.67. The molecule has 2 nitrogen and oxygen atoms in total. The van der Waals surface area contributed by atoms with Crippen LogP contribution in [0.25, 0.3) is 22.0 Å². The van der Waals surface area contributed by atoms with Crippen molar-refractivity contribution in [2.75, 3.05) is 7.11 Å². The summed E-state index contributed by atoms with van der Waals surface area (Å²) in [6, 6.07) is 28.8. The van der Waals surface area contributed by atoms with Crippen molar-refractivity contribution >= 4 is 10.9 Å². The Morgan fingerprint density at radius 1 is 0.696 bits per heavy atom. The Morgan fingerprint density at radius 2 is 1.30 bits per heavy atom. The van der Waals surface area contributed by atoms with E-state index in [0.717, 1.165) is 11.3 Å². The Morgan fingerprint density at radius 3 is 1.87 bits per heavy atom. The molecule has 0 radical (unpaired) electrons. The molecule has 0 fully saturated rings. The molecule has 4 aromatic rings. The van der Waals surface area contributed by atoms with Gasteiger partial charge in [-0.3, -0.25) is 0 Å². The van der Waals surface area contributed by atoms with Gasteiger partial charge in [0.15, 0.2) is 0 Å². The van der Waals surface area contributed by atoms with Crippen molar-refractivity contribution in [3.8, 4) is 16.9 Å². The maximum Gasteiger partial charge on any atom is 0.119 e. The standard InChI is InChI=1S/C12H10.C9H9NO/c1-3-7-11(8-4-1)12-9-5-2-6-10-12;1-11-8-2-3-9-7(6-8)4-5-10-9/h1-10H;2-6,10H,1H3. The molecular weight excluding hydrogens is 282 g/mol. The van der Waals surface area contributed by atoms with Crippen molar-refractivity contribution < 1.29 is 4.74 Å². The summed E-state index contributed by atoms with van der Waals surface area (Å²) in [5, 5.41) is 1.18. The van der Waals surface area contributed by atoms with Crippen LogP contribution in [0.5, 0.6) is 5.75 Å². The van der Waals surface area contributed by atoms with E-state index in [9.17, 15) is 0 Å². The first-order valence-electron chi connectivity index (χ1n) is 7.58. The number of ether oxygens (including phenoxy) is 1. The van der Waals surface area contributed by atoms with Gasteiger partial charge in [0.25, 0.3) is 0 Å². The van der Waals surface area contributed by atoms with Crippen molar-refractivity contribution in [1.82, 2.24) is 4.98 Å². The molecule has 0 saturated carbocycles. The Hall–Kier alpha value is -3.00. The second-order valence-corrected chi connectivity index (χ2v) is 5.16. The van der Waals surface area contributed by atoms with E-state index in [1.165, 1.54) is 16.5 Å². The summed E-state index contributed by atoms with van der Waals surface area (Å²) in [5.41, 5.74) is 3.70. The summed E-state index contributed by atoms with van der Waals surface area (Å²) < 4.78 is 5.08.